The zero-order chi connectivity index (χ0) is 22.9. The quantitative estimate of drug-likeness (QED) is 0.182. The molecule has 1 fully saturated rings. The Morgan fingerprint density at radius 1 is 1.65 bits per heavy atom. The van der Waals surface area contributed by atoms with Gasteiger partial charge in [-0.05, 0) is 23.7 Å². The Morgan fingerprint density at radius 2 is 2.35 bits per heavy atom. The molecule has 0 spiro atoms. The Kier molecular flexibility index (Phi) is 6.86. The van der Waals surface area contributed by atoms with Crippen LogP contribution in [0.25, 0.3) is 0 Å². The first-order valence-corrected chi connectivity index (χ1v) is 12.3. The number of ether oxygens (including phenoxy) is 1. The van der Waals surface area contributed by atoms with Crippen LogP contribution in [0.15, 0.2) is 22.5 Å². The molecule has 3 N–H and O–H groups in total. The van der Waals surface area contributed by atoms with Crippen molar-refractivity contribution in [2.75, 3.05) is 19.1 Å². The van der Waals surface area contributed by atoms with E-state index < -0.39 is 45.3 Å². The van der Waals surface area contributed by atoms with Crippen LogP contribution in [-0.4, -0.2) is 88.5 Å². The van der Waals surface area contributed by atoms with E-state index in [2.05, 4.69) is 20.7 Å². The van der Waals surface area contributed by atoms with Gasteiger partial charge < -0.3 is 19.7 Å². The van der Waals surface area contributed by atoms with Crippen LogP contribution in [0.4, 0.5) is 0 Å². The molecule has 15 heteroatoms. The third-order valence-corrected chi connectivity index (χ3v) is 8.18. The van der Waals surface area contributed by atoms with E-state index in [1.807, 2.05) is 0 Å². The van der Waals surface area contributed by atoms with Gasteiger partial charge in [-0.2, -0.15) is 5.26 Å². The number of hydrogen-bond acceptors (Lipinski definition) is 10. The molecule has 1 aromatic rings. The maximum absolute atomic E-state index is 13.0. The van der Waals surface area contributed by atoms with E-state index in [0.29, 0.717) is 10.6 Å². The van der Waals surface area contributed by atoms with Gasteiger partial charge in [0.1, 0.15) is 22.2 Å². The van der Waals surface area contributed by atoms with Crippen LogP contribution in [0.5, 0.6) is 0 Å². The number of carbonyl (C=O) groups is 3. The van der Waals surface area contributed by atoms with E-state index >= 15 is 0 Å². The van der Waals surface area contributed by atoms with E-state index in [0.717, 1.165) is 4.90 Å². The normalized spacial score (nSPS) is 25.7. The lowest BCUT2D eigenvalue weighted by Gasteiger charge is -2.56. The van der Waals surface area contributed by atoms with Gasteiger partial charge in [0.05, 0.1) is 12.5 Å². The predicted octanol–water partition coefficient (Wildman–Crippen LogP) is -0.731. The number of carbonyl (C=O) groups excluding carboxylic acids is 2. The number of nitriles is 1. The second kappa shape index (κ2) is 9.09. The number of thioether (sulfide) groups is 2. The summed E-state index contributed by atoms with van der Waals surface area (Å²) in [4.78, 5) is 38.6. The van der Waals surface area contributed by atoms with Crippen molar-refractivity contribution < 1.29 is 28.8 Å². The van der Waals surface area contributed by atoms with Crippen molar-refractivity contribution in [3.63, 3.8) is 0 Å². The van der Waals surface area contributed by atoms with Crippen molar-refractivity contribution in [1.82, 2.24) is 25.6 Å². The third kappa shape index (κ3) is 4.01. The Labute approximate surface area is 188 Å². The summed E-state index contributed by atoms with van der Waals surface area (Å²) in [6.45, 7) is 1.80. The fourth-order valence-corrected chi connectivity index (χ4v) is 6.35. The smallest absolute Gasteiger partial charge is 0.352 e. The molecule has 2 amide bonds. The number of aromatic amines is 1. The fraction of sp³-hybridized carbons (Fsp3) is 0.500. The Balaban J connectivity index is 1.89. The zero-order valence-electron chi connectivity index (χ0n) is 16.5. The number of carboxylic acids is 1. The summed E-state index contributed by atoms with van der Waals surface area (Å²) in [6.07, 6.45) is 2.70. The summed E-state index contributed by atoms with van der Waals surface area (Å²) in [5.41, 5.74) is -1.52. The third-order valence-electron chi connectivity index (χ3n) is 4.77. The molecule has 0 bridgehead atoms. The highest BCUT2D eigenvalue weighted by Crippen LogP contribution is 2.48. The number of aliphatic carboxylic acids is 1. The molecule has 166 valence electrons. The number of carboxylic acid groups (broad SMARTS) is 1. The molecule has 5 atom stereocenters. The maximum Gasteiger partial charge on any atom is 0.352 e. The Morgan fingerprint density at radius 3 is 2.87 bits per heavy atom. The fourth-order valence-electron chi connectivity index (χ4n) is 3.25. The molecule has 0 saturated carbocycles. The molecule has 2 aliphatic rings. The maximum atomic E-state index is 13.0. The van der Waals surface area contributed by atoms with Crippen LogP contribution >= 0.6 is 23.5 Å². The minimum absolute atomic E-state index is 0.181. The van der Waals surface area contributed by atoms with Crippen LogP contribution < -0.4 is 5.32 Å². The van der Waals surface area contributed by atoms with E-state index in [1.165, 1.54) is 43.1 Å². The summed E-state index contributed by atoms with van der Waals surface area (Å²) in [5.74, 6) is -2.74. The minimum atomic E-state index is -1.86. The number of aromatic nitrogens is 3. The molecule has 3 heterocycles. The van der Waals surface area contributed by atoms with Crippen molar-refractivity contribution in [3.8, 4) is 6.07 Å². The molecule has 31 heavy (non-hydrogen) atoms. The highest BCUT2D eigenvalue weighted by atomic mass is 32.2. The molecule has 3 unspecified atom stereocenters. The van der Waals surface area contributed by atoms with Crippen LogP contribution in [0.1, 0.15) is 6.92 Å². The number of nitrogens with one attached hydrogen (secondary N) is 2. The number of amides is 2. The highest BCUT2D eigenvalue weighted by Gasteiger charge is 2.67. The topological polar surface area (TPSA) is 184 Å². The van der Waals surface area contributed by atoms with Crippen molar-refractivity contribution in [1.29, 1.82) is 5.26 Å². The zero-order valence-corrected chi connectivity index (χ0v) is 19.0. The van der Waals surface area contributed by atoms with Gasteiger partial charge in [0.2, 0.25) is 0 Å². The van der Waals surface area contributed by atoms with Gasteiger partial charge in [0.25, 0.3) is 22.8 Å². The van der Waals surface area contributed by atoms with Gasteiger partial charge in [-0.3, -0.25) is 19.6 Å². The van der Waals surface area contributed by atoms with Crippen molar-refractivity contribution >= 4 is 52.5 Å². The summed E-state index contributed by atoms with van der Waals surface area (Å²) in [7, 11) is 1.20. The van der Waals surface area contributed by atoms with Gasteiger partial charge in [-0.15, -0.1) is 16.9 Å². The average Bonchev–Trinajstić information content (AvgIpc) is 3.23. The van der Waals surface area contributed by atoms with E-state index in [9.17, 15) is 24.0 Å². The van der Waals surface area contributed by atoms with Gasteiger partial charge in [-0.1, -0.05) is 17.0 Å². The Hall–Kier alpha value is -2.25. The summed E-state index contributed by atoms with van der Waals surface area (Å²) in [6, 6.07) is 1.63. The molecule has 2 aliphatic heterocycles. The number of H-pyrrole nitrogens is 1. The molecule has 1 aromatic heterocycles. The average molecular weight is 487 g/mol. The number of methoxy groups -OCH3 is 1. The molecule has 0 aliphatic carbocycles. The van der Waals surface area contributed by atoms with Gasteiger partial charge >= 0.3 is 5.97 Å². The number of β-lactam (4-membered cyclic amide) rings is 1. The lowest BCUT2D eigenvalue weighted by molar-refractivity contribution is -0.192. The van der Waals surface area contributed by atoms with Gasteiger partial charge in [0, 0.05) is 18.1 Å². The van der Waals surface area contributed by atoms with Crippen LogP contribution in [0.3, 0.4) is 0 Å². The molecule has 12 nitrogen and oxygen atoms in total. The second-order valence-corrected chi connectivity index (χ2v) is 10.5. The number of rotatable bonds is 8. The van der Waals surface area contributed by atoms with E-state index in [1.54, 1.807) is 13.0 Å². The molecule has 0 aromatic carbocycles. The number of hydrogen-bond donors (Lipinski definition) is 3. The van der Waals surface area contributed by atoms with E-state index in [4.69, 9.17) is 10.00 Å². The second-order valence-electron chi connectivity index (χ2n) is 6.53. The van der Waals surface area contributed by atoms with Crippen molar-refractivity contribution in [2.45, 2.75) is 33.5 Å². The van der Waals surface area contributed by atoms with Crippen LogP contribution in [0.2, 0.25) is 0 Å². The first kappa shape index (κ1) is 23.4. The largest absolute Gasteiger partial charge is 0.615 e. The first-order valence-electron chi connectivity index (χ1n) is 8.71. The number of fused-ring (bicyclic) bond motifs is 1. The summed E-state index contributed by atoms with van der Waals surface area (Å²) < 4.78 is 17.0. The van der Waals surface area contributed by atoms with Crippen LogP contribution in [-0.2, 0) is 30.3 Å². The van der Waals surface area contributed by atoms with Gasteiger partial charge in [0.15, 0.2) is 0 Å². The van der Waals surface area contributed by atoms with E-state index in [-0.39, 0.29) is 16.7 Å². The lowest BCUT2D eigenvalue weighted by Crippen LogP contribution is -2.81. The molecule has 0 radical (unpaired) electrons. The molecule has 1 saturated heterocycles. The Bertz CT molecular complexity index is 964. The van der Waals surface area contributed by atoms with Crippen molar-refractivity contribution in [3.05, 3.63) is 17.5 Å². The van der Waals surface area contributed by atoms with Gasteiger partial charge in [-0.25, -0.2) is 4.79 Å². The SMILES string of the molecule is CO[C@@]1(NC(=O)C(C#N)[S+](C)[O-])C(=O)N2C(C(=O)O)=C(C(C)Sc3cnn[nH]3)CS[C@H]21. The number of nitrogens with zero attached hydrogens (tertiary/aromatic N) is 4. The lowest BCUT2D eigenvalue weighted by atomic mass is 9.97. The first-order chi connectivity index (χ1) is 14.7. The van der Waals surface area contributed by atoms with Crippen LogP contribution in [0, 0.1) is 11.3 Å². The highest BCUT2D eigenvalue weighted by molar-refractivity contribution is 8.01. The summed E-state index contributed by atoms with van der Waals surface area (Å²) in [5, 5.41) is 29.3. The minimum Gasteiger partial charge on any atom is -0.615 e. The molecular formula is C16H18N6O6S3. The molecular weight excluding hydrogens is 468 g/mol. The summed E-state index contributed by atoms with van der Waals surface area (Å²) >= 11 is 0.737. The van der Waals surface area contributed by atoms with Crippen molar-refractivity contribution in [2.24, 2.45) is 0 Å². The monoisotopic (exact) mass is 486 g/mol. The predicted molar refractivity (Wildman–Crippen MR) is 111 cm³/mol. The standard InChI is InChI=1S/C16H18N6O6S3/c1-7(30-10-5-18-21-20-10)8-6-29-15-16(28-2,14(26)22(15)11(8)13(24)25)19-12(23)9(4-17)31(3)27/h5,7,9,15H,6H2,1-3H3,(H,19,23)(H,24,25)(H,18,20,21)/t7?,9?,15-,16-,31?/m0/s1. The molecule has 3 rings (SSSR count).